The van der Waals surface area contributed by atoms with Crippen LogP contribution in [0.3, 0.4) is 0 Å². The molecule has 0 aliphatic rings. The van der Waals surface area contributed by atoms with Crippen LogP contribution < -0.4 is 0 Å². The van der Waals surface area contributed by atoms with Gasteiger partial charge in [-0.2, -0.15) is 0 Å². The standard InChI is InChI=1S/C44H29N5O/c1-28-9-8-14-33(23-28)35-20-22-38(46-25-35)44-48-42(32-12-6-3-7-13-32)47-43(49-44)34-19-21-36-39(24-34)50-40-27-45-26-37(41(36)40)31-17-15-30(16-18-31)29-10-4-2-5-11-29/h2-27H,1H3. The van der Waals surface area contributed by atoms with Crippen molar-refractivity contribution in [3.63, 3.8) is 0 Å². The van der Waals surface area contributed by atoms with Crippen LogP contribution >= 0.6 is 0 Å². The lowest BCUT2D eigenvalue weighted by Crippen LogP contribution is -2.01. The number of rotatable bonds is 6. The molecule has 0 saturated carbocycles. The monoisotopic (exact) mass is 643 g/mol. The number of pyridine rings is 2. The summed E-state index contributed by atoms with van der Waals surface area (Å²) in [5.41, 5.74) is 11.6. The second kappa shape index (κ2) is 12.3. The first-order chi connectivity index (χ1) is 24.7. The van der Waals surface area contributed by atoms with E-state index in [1.807, 2.05) is 67.0 Å². The van der Waals surface area contributed by atoms with E-state index in [1.54, 1.807) is 6.20 Å². The second-order valence-electron chi connectivity index (χ2n) is 12.3. The van der Waals surface area contributed by atoms with Crippen LogP contribution in [0.1, 0.15) is 5.56 Å². The summed E-state index contributed by atoms with van der Waals surface area (Å²) in [6.07, 6.45) is 5.55. The molecule has 5 aromatic carbocycles. The molecule has 0 atom stereocenters. The number of nitrogens with zero attached hydrogens (tertiary/aromatic N) is 5. The fourth-order valence-electron chi connectivity index (χ4n) is 6.42. The number of benzene rings is 5. The van der Waals surface area contributed by atoms with Crippen molar-refractivity contribution < 1.29 is 4.42 Å². The zero-order chi connectivity index (χ0) is 33.4. The molecule has 6 heteroatoms. The van der Waals surface area contributed by atoms with Gasteiger partial charge < -0.3 is 4.42 Å². The highest BCUT2D eigenvalue weighted by Gasteiger charge is 2.17. The van der Waals surface area contributed by atoms with Gasteiger partial charge in [0.15, 0.2) is 23.1 Å². The molecule has 6 nitrogen and oxygen atoms in total. The molecule has 9 rings (SSSR count). The van der Waals surface area contributed by atoms with Crippen LogP contribution in [0, 0.1) is 6.92 Å². The van der Waals surface area contributed by atoms with Crippen LogP contribution in [0.4, 0.5) is 0 Å². The van der Waals surface area contributed by atoms with Gasteiger partial charge in [0.05, 0.1) is 6.20 Å². The fraction of sp³-hybridized carbons (Fsp3) is 0.0227. The van der Waals surface area contributed by atoms with E-state index in [9.17, 15) is 0 Å². The van der Waals surface area contributed by atoms with Gasteiger partial charge in [0.1, 0.15) is 11.3 Å². The van der Waals surface area contributed by atoms with E-state index in [1.165, 1.54) is 16.7 Å². The summed E-state index contributed by atoms with van der Waals surface area (Å²) in [7, 11) is 0. The van der Waals surface area contributed by atoms with Gasteiger partial charge >= 0.3 is 0 Å². The second-order valence-corrected chi connectivity index (χ2v) is 12.3. The Morgan fingerprint density at radius 1 is 0.440 bits per heavy atom. The third-order valence-corrected chi connectivity index (χ3v) is 8.95. The van der Waals surface area contributed by atoms with Gasteiger partial charge in [-0.15, -0.1) is 0 Å². The first-order valence-electron chi connectivity index (χ1n) is 16.5. The van der Waals surface area contributed by atoms with Gasteiger partial charge in [-0.3, -0.25) is 9.97 Å². The van der Waals surface area contributed by atoms with E-state index >= 15 is 0 Å². The minimum absolute atomic E-state index is 0.500. The summed E-state index contributed by atoms with van der Waals surface area (Å²) in [5.74, 6) is 1.61. The van der Waals surface area contributed by atoms with Gasteiger partial charge in [0.2, 0.25) is 0 Å². The molecule has 0 aliphatic carbocycles. The summed E-state index contributed by atoms with van der Waals surface area (Å²) in [4.78, 5) is 24.1. The minimum Gasteiger partial charge on any atom is -0.454 e. The summed E-state index contributed by atoms with van der Waals surface area (Å²) in [6, 6.07) is 47.5. The Morgan fingerprint density at radius 2 is 1.08 bits per heavy atom. The van der Waals surface area contributed by atoms with Gasteiger partial charge in [-0.1, -0.05) is 127 Å². The highest BCUT2D eigenvalue weighted by atomic mass is 16.3. The Balaban J connectivity index is 1.12. The van der Waals surface area contributed by atoms with Crippen molar-refractivity contribution in [3.8, 4) is 67.7 Å². The topological polar surface area (TPSA) is 77.6 Å². The Morgan fingerprint density at radius 3 is 1.82 bits per heavy atom. The minimum atomic E-state index is 0.500. The van der Waals surface area contributed by atoms with E-state index in [-0.39, 0.29) is 0 Å². The number of fused-ring (bicyclic) bond motifs is 3. The zero-order valence-corrected chi connectivity index (χ0v) is 27.2. The molecule has 0 spiro atoms. The smallest absolute Gasteiger partial charge is 0.182 e. The van der Waals surface area contributed by atoms with E-state index in [0.717, 1.165) is 55.3 Å². The molecule has 9 aromatic rings. The van der Waals surface area contributed by atoms with Crippen molar-refractivity contribution in [1.82, 2.24) is 24.9 Å². The lowest BCUT2D eigenvalue weighted by molar-refractivity contribution is 0.667. The van der Waals surface area contributed by atoms with Crippen LogP contribution in [0.2, 0.25) is 0 Å². The van der Waals surface area contributed by atoms with E-state index in [4.69, 9.17) is 24.4 Å². The molecule has 0 amide bonds. The van der Waals surface area contributed by atoms with E-state index in [2.05, 4.69) is 96.8 Å². The van der Waals surface area contributed by atoms with Crippen LogP contribution in [0.15, 0.2) is 163 Å². The van der Waals surface area contributed by atoms with Crippen molar-refractivity contribution in [2.24, 2.45) is 0 Å². The lowest BCUT2D eigenvalue weighted by atomic mass is 9.98. The van der Waals surface area contributed by atoms with Gasteiger partial charge in [-0.05, 0) is 47.4 Å². The number of aromatic nitrogens is 5. The first-order valence-corrected chi connectivity index (χ1v) is 16.5. The average molecular weight is 644 g/mol. The molecule has 50 heavy (non-hydrogen) atoms. The maximum absolute atomic E-state index is 6.42. The molecule has 4 heterocycles. The lowest BCUT2D eigenvalue weighted by Gasteiger charge is -2.09. The molecule has 0 fully saturated rings. The number of aryl methyl sites for hydroxylation is 1. The third-order valence-electron chi connectivity index (χ3n) is 8.95. The summed E-state index contributed by atoms with van der Waals surface area (Å²) >= 11 is 0. The molecule has 0 saturated heterocycles. The van der Waals surface area contributed by atoms with Crippen molar-refractivity contribution in [2.45, 2.75) is 6.92 Å². The number of furan rings is 1. The maximum Gasteiger partial charge on any atom is 0.182 e. The molecule has 0 radical (unpaired) electrons. The Labute approximate surface area is 288 Å². The van der Waals surface area contributed by atoms with Crippen molar-refractivity contribution in [2.75, 3.05) is 0 Å². The highest BCUT2D eigenvalue weighted by molar-refractivity contribution is 6.12. The van der Waals surface area contributed by atoms with Crippen molar-refractivity contribution >= 4 is 21.9 Å². The fourth-order valence-corrected chi connectivity index (χ4v) is 6.42. The SMILES string of the molecule is Cc1cccc(-c2ccc(-c3nc(-c4ccccc4)nc(-c4ccc5c(c4)oc4cncc(-c6ccc(-c7ccccc7)cc6)c45)n3)nc2)c1. The van der Waals surface area contributed by atoms with Crippen LogP contribution in [-0.4, -0.2) is 24.9 Å². The maximum atomic E-state index is 6.42. The number of hydrogen-bond acceptors (Lipinski definition) is 6. The molecule has 0 bridgehead atoms. The molecule has 0 aliphatic heterocycles. The summed E-state index contributed by atoms with van der Waals surface area (Å²) in [6.45, 7) is 2.09. The van der Waals surface area contributed by atoms with E-state index in [0.29, 0.717) is 23.2 Å². The average Bonchev–Trinajstić information content (AvgIpc) is 3.57. The molecule has 0 N–H and O–H groups in total. The Bertz CT molecular complexity index is 2630. The Kier molecular flexibility index (Phi) is 7.25. The third kappa shape index (κ3) is 5.49. The largest absolute Gasteiger partial charge is 0.454 e. The van der Waals surface area contributed by atoms with Crippen LogP contribution in [-0.2, 0) is 0 Å². The predicted molar refractivity (Wildman–Crippen MR) is 200 cm³/mol. The highest BCUT2D eigenvalue weighted by Crippen LogP contribution is 2.38. The molecule has 4 aromatic heterocycles. The first kappa shape index (κ1) is 29.4. The van der Waals surface area contributed by atoms with Crippen LogP contribution in [0.25, 0.3) is 89.6 Å². The summed E-state index contributed by atoms with van der Waals surface area (Å²) < 4.78 is 6.42. The molecular weight excluding hydrogens is 615 g/mol. The van der Waals surface area contributed by atoms with Gasteiger partial charge in [0.25, 0.3) is 0 Å². The van der Waals surface area contributed by atoms with Crippen molar-refractivity contribution in [1.29, 1.82) is 0 Å². The van der Waals surface area contributed by atoms with Crippen LogP contribution in [0.5, 0.6) is 0 Å². The van der Waals surface area contributed by atoms with Gasteiger partial charge in [0, 0.05) is 45.4 Å². The Hall–Kier alpha value is -6.79. The number of hydrogen-bond donors (Lipinski definition) is 0. The summed E-state index contributed by atoms with van der Waals surface area (Å²) in [5, 5.41) is 2.02. The normalized spacial score (nSPS) is 11.3. The molecule has 0 unspecified atom stereocenters. The predicted octanol–water partition coefficient (Wildman–Crippen LogP) is 10.9. The van der Waals surface area contributed by atoms with E-state index < -0.39 is 0 Å². The molecular formula is C44H29N5O. The van der Waals surface area contributed by atoms with Gasteiger partial charge in [-0.25, -0.2) is 15.0 Å². The molecule has 236 valence electrons. The quantitative estimate of drug-likeness (QED) is 0.179. The zero-order valence-electron chi connectivity index (χ0n) is 27.2. The van der Waals surface area contributed by atoms with Crippen molar-refractivity contribution in [3.05, 3.63) is 164 Å².